The molecule has 0 fully saturated rings. The van der Waals surface area contributed by atoms with Gasteiger partial charge in [0.1, 0.15) is 23.0 Å². The van der Waals surface area contributed by atoms with E-state index in [0.717, 1.165) is 44.9 Å². The molecule has 0 unspecified atom stereocenters. The summed E-state index contributed by atoms with van der Waals surface area (Å²) in [6.45, 7) is 0.0207. The minimum atomic E-state index is 0.0207. The van der Waals surface area contributed by atoms with Crippen molar-refractivity contribution in [3.8, 4) is 56.4 Å². The van der Waals surface area contributed by atoms with Crippen LogP contribution in [0, 0.1) is 0 Å². The Hall–Kier alpha value is -6.06. The molecule has 0 saturated carbocycles. The van der Waals surface area contributed by atoms with E-state index in [1.807, 2.05) is 18.2 Å². The first-order chi connectivity index (χ1) is 23.3. The first kappa shape index (κ1) is 26.2. The zero-order valence-corrected chi connectivity index (χ0v) is 25.5. The third-order valence-corrected chi connectivity index (χ3v) is 9.79. The molecule has 47 heavy (non-hydrogen) atoms. The zero-order chi connectivity index (χ0) is 30.9. The molecular weight excluding hydrogens is 571 g/mol. The summed E-state index contributed by atoms with van der Waals surface area (Å²) in [4.78, 5) is 0. The molecule has 10 rings (SSSR count). The van der Waals surface area contributed by atoms with Crippen molar-refractivity contribution in [2.75, 3.05) is 0 Å². The predicted molar refractivity (Wildman–Crippen MR) is 195 cm³/mol. The van der Waals surface area contributed by atoms with E-state index >= 15 is 0 Å². The minimum Gasteiger partial charge on any atom is -0.458 e. The number of hydrogen-bond acceptors (Lipinski definition) is 2. The molecule has 3 heteroatoms. The van der Waals surface area contributed by atoms with Crippen LogP contribution >= 0.6 is 0 Å². The van der Waals surface area contributed by atoms with E-state index < -0.39 is 0 Å². The first-order valence-electron chi connectivity index (χ1n) is 16.1. The van der Waals surface area contributed by atoms with Gasteiger partial charge in [0, 0.05) is 16.6 Å². The molecule has 2 aliphatic rings. The molecule has 2 heterocycles. The minimum absolute atomic E-state index is 0.0207. The van der Waals surface area contributed by atoms with Crippen molar-refractivity contribution in [1.29, 1.82) is 0 Å². The number of hydrogen-bond donors (Lipinski definition) is 0. The highest BCUT2D eigenvalue weighted by Crippen LogP contribution is 2.47. The van der Waals surface area contributed by atoms with Gasteiger partial charge < -0.3 is 9.47 Å². The quantitative estimate of drug-likeness (QED) is 0.149. The third kappa shape index (κ3) is 3.93. The Kier molecular flexibility index (Phi) is 5.70. The lowest BCUT2D eigenvalue weighted by Crippen LogP contribution is -2.57. The van der Waals surface area contributed by atoms with Gasteiger partial charge in [0.2, 0.25) is 0 Å². The van der Waals surface area contributed by atoms with Crippen molar-refractivity contribution in [3.05, 3.63) is 164 Å². The second kappa shape index (κ2) is 10.2. The molecule has 0 spiro atoms. The van der Waals surface area contributed by atoms with Gasteiger partial charge in [-0.15, -0.1) is 0 Å². The van der Waals surface area contributed by atoms with Gasteiger partial charge in [0.15, 0.2) is 0 Å². The van der Waals surface area contributed by atoms with Gasteiger partial charge in [-0.25, -0.2) is 0 Å². The van der Waals surface area contributed by atoms with Gasteiger partial charge in [-0.3, -0.25) is 0 Å². The molecule has 2 nitrogen and oxygen atoms in total. The van der Waals surface area contributed by atoms with Crippen molar-refractivity contribution in [1.82, 2.24) is 0 Å². The molecule has 0 N–H and O–H groups in total. The molecule has 8 aromatic carbocycles. The maximum absolute atomic E-state index is 6.92. The van der Waals surface area contributed by atoms with Gasteiger partial charge in [0.05, 0.1) is 0 Å². The monoisotopic (exact) mass is 598 g/mol. The fraction of sp³-hybridized carbons (Fsp3) is 0. The molecule has 2 aliphatic heterocycles. The Morgan fingerprint density at radius 1 is 0.362 bits per heavy atom. The van der Waals surface area contributed by atoms with Crippen molar-refractivity contribution in [2.45, 2.75) is 0 Å². The average Bonchev–Trinajstić information content (AvgIpc) is 3.14. The van der Waals surface area contributed by atoms with Gasteiger partial charge in [-0.05, 0) is 79.0 Å². The maximum Gasteiger partial charge on any atom is 0.260 e. The molecule has 8 aromatic rings. The van der Waals surface area contributed by atoms with Gasteiger partial charge in [0.25, 0.3) is 6.71 Å². The van der Waals surface area contributed by atoms with Crippen LogP contribution in [0.1, 0.15) is 0 Å². The molecule has 0 aromatic heterocycles. The fourth-order valence-electron chi connectivity index (χ4n) is 7.81. The SMILES string of the molecule is c1ccc(-c2cccc(-c3c4ccccc4c(-c4cccc5c4Oc4cccc6c4B5c4ccccc4O6)c4ccccc34)c2)cc1. The second-order valence-corrected chi connectivity index (χ2v) is 12.4. The highest BCUT2D eigenvalue weighted by molar-refractivity contribution is 6.98. The predicted octanol–water partition coefficient (Wildman–Crippen LogP) is 9.72. The Bertz CT molecular complexity index is 2480. The van der Waals surface area contributed by atoms with Crippen molar-refractivity contribution in [2.24, 2.45) is 0 Å². The lowest BCUT2D eigenvalue weighted by Gasteiger charge is -2.33. The summed E-state index contributed by atoms with van der Waals surface area (Å²) in [6, 6.07) is 58.4. The normalized spacial score (nSPS) is 12.6. The molecule has 0 radical (unpaired) electrons. The Morgan fingerprint density at radius 2 is 0.894 bits per heavy atom. The summed E-state index contributed by atoms with van der Waals surface area (Å²) in [7, 11) is 0. The second-order valence-electron chi connectivity index (χ2n) is 12.4. The number of benzene rings is 8. The highest BCUT2D eigenvalue weighted by Gasteiger charge is 2.40. The van der Waals surface area contributed by atoms with E-state index in [-0.39, 0.29) is 6.71 Å². The fourth-order valence-corrected chi connectivity index (χ4v) is 7.81. The topological polar surface area (TPSA) is 18.5 Å². The summed E-state index contributed by atoms with van der Waals surface area (Å²) < 4.78 is 13.3. The van der Waals surface area contributed by atoms with Crippen LogP contribution in [0.4, 0.5) is 0 Å². The van der Waals surface area contributed by atoms with Crippen LogP contribution in [-0.4, -0.2) is 6.71 Å². The lowest BCUT2D eigenvalue weighted by molar-refractivity contribution is 0.465. The van der Waals surface area contributed by atoms with E-state index in [2.05, 4.69) is 146 Å². The highest BCUT2D eigenvalue weighted by atomic mass is 16.5. The van der Waals surface area contributed by atoms with E-state index in [0.29, 0.717) is 0 Å². The molecule has 0 atom stereocenters. The first-order valence-corrected chi connectivity index (χ1v) is 16.1. The molecule has 218 valence electrons. The molecular formula is C44H27BO2. The van der Waals surface area contributed by atoms with E-state index in [9.17, 15) is 0 Å². The van der Waals surface area contributed by atoms with Crippen LogP contribution in [0.15, 0.2) is 164 Å². The Labute approximate surface area is 273 Å². The van der Waals surface area contributed by atoms with Crippen LogP contribution in [0.25, 0.3) is 54.9 Å². The van der Waals surface area contributed by atoms with Gasteiger partial charge >= 0.3 is 0 Å². The molecule has 0 aliphatic carbocycles. The van der Waals surface area contributed by atoms with Crippen LogP contribution < -0.4 is 25.9 Å². The Balaban J connectivity index is 1.25. The van der Waals surface area contributed by atoms with Gasteiger partial charge in [-0.1, -0.05) is 140 Å². The third-order valence-electron chi connectivity index (χ3n) is 9.79. The molecule has 0 bridgehead atoms. The smallest absolute Gasteiger partial charge is 0.260 e. The number of rotatable bonds is 3. The summed E-state index contributed by atoms with van der Waals surface area (Å²) in [5.41, 5.74) is 10.6. The maximum atomic E-state index is 6.92. The largest absolute Gasteiger partial charge is 0.458 e. The van der Waals surface area contributed by atoms with Crippen LogP contribution in [0.5, 0.6) is 23.0 Å². The standard InChI is InChI=1S/C44H27BO2/c1-2-13-28(14-3-1)29-15-10-16-30(27-29)41-31-17-4-6-19-33(31)42(34-20-7-5-18-32(34)41)35-21-11-23-37-44(35)47-40-26-12-25-39-43(40)45(37)36-22-8-9-24-38(36)46-39/h1-27H. The summed E-state index contributed by atoms with van der Waals surface area (Å²) in [5, 5.41) is 4.85. The van der Waals surface area contributed by atoms with Gasteiger partial charge in [-0.2, -0.15) is 0 Å². The van der Waals surface area contributed by atoms with Crippen molar-refractivity contribution in [3.63, 3.8) is 0 Å². The summed E-state index contributed by atoms with van der Waals surface area (Å²) in [6.07, 6.45) is 0. The van der Waals surface area contributed by atoms with E-state index in [1.54, 1.807) is 0 Å². The number of ether oxygens (including phenoxy) is 2. The van der Waals surface area contributed by atoms with E-state index in [1.165, 1.54) is 49.4 Å². The van der Waals surface area contributed by atoms with Crippen LogP contribution in [0.2, 0.25) is 0 Å². The Morgan fingerprint density at radius 3 is 1.66 bits per heavy atom. The van der Waals surface area contributed by atoms with Crippen molar-refractivity contribution < 1.29 is 9.47 Å². The van der Waals surface area contributed by atoms with Crippen LogP contribution in [0.3, 0.4) is 0 Å². The zero-order valence-electron chi connectivity index (χ0n) is 25.5. The van der Waals surface area contributed by atoms with Crippen LogP contribution in [-0.2, 0) is 0 Å². The molecule has 0 amide bonds. The average molecular weight is 599 g/mol. The summed E-state index contributed by atoms with van der Waals surface area (Å²) in [5.74, 6) is 3.52. The van der Waals surface area contributed by atoms with Crippen molar-refractivity contribution >= 4 is 44.6 Å². The summed E-state index contributed by atoms with van der Waals surface area (Å²) >= 11 is 0. The van der Waals surface area contributed by atoms with E-state index in [4.69, 9.17) is 9.47 Å². The number of para-hydroxylation sites is 2. The number of fused-ring (bicyclic) bond motifs is 6. The molecule has 0 saturated heterocycles. The lowest BCUT2D eigenvalue weighted by atomic mass is 9.34.